The molecule has 3 N–H and O–H groups in total. The summed E-state index contributed by atoms with van der Waals surface area (Å²) in [5.41, 5.74) is 7.16. The van der Waals surface area contributed by atoms with Gasteiger partial charge in [0.15, 0.2) is 0 Å². The summed E-state index contributed by atoms with van der Waals surface area (Å²) in [4.78, 5) is 0. The van der Waals surface area contributed by atoms with Gasteiger partial charge in [-0.2, -0.15) is 0 Å². The maximum atomic E-state index is 5.99. The van der Waals surface area contributed by atoms with E-state index in [1.165, 1.54) is 57.9 Å². The molecular formula is C26H52N2O. The van der Waals surface area contributed by atoms with Gasteiger partial charge >= 0.3 is 0 Å². The van der Waals surface area contributed by atoms with E-state index in [1.807, 2.05) is 6.92 Å². The standard InChI is InChI=1S/C26H52N2O/c1-8-29-24(27)17-20(4)11-9-12-21(5)28-16-14-23-22-13-10-15-25(6,19(2)3)18-26(22,23)7/h19-24,28H,8-18,27H2,1-7H3/t20-,21+,22?,23-,24-,25?,26-/m1/s1. The highest BCUT2D eigenvalue weighted by atomic mass is 16.5. The Kier molecular flexibility index (Phi) is 9.50. The summed E-state index contributed by atoms with van der Waals surface area (Å²) in [6.45, 7) is 18.6. The number of nitrogens with two attached hydrogens (primary N) is 1. The molecule has 2 aliphatic carbocycles. The number of hydrogen-bond acceptors (Lipinski definition) is 3. The number of rotatable bonds is 13. The normalized spacial score (nSPS) is 35.1. The van der Waals surface area contributed by atoms with Crippen molar-refractivity contribution in [2.75, 3.05) is 13.2 Å². The number of fused-ring (bicyclic) bond motifs is 1. The lowest BCUT2D eigenvalue weighted by Crippen LogP contribution is -2.29. The van der Waals surface area contributed by atoms with Crippen molar-refractivity contribution < 1.29 is 4.74 Å². The molecule has 2 unspecified atom stereocenters. The van der Waals surface area contributed by atoms with Gasteiger partial charge < -0.3 is 15.8 Å². The summed E-state index contributed by atoms with van der Waals surface area (Å²) in [7, 11) is 0. The first-order chi connectivity index (χ1) is 13.6. The average Bonchev–Trinajstić information content (AvgIpc) is 3.19. The molecule has 0 saturated heterocycles. The third-order valence-corrected chi connectivity index (χ3v) is 8.81. The quantitative estimate of drug-likeness (QED) is 0.348. The summed E-state index contributed by atoms with van der Waals surface area (Å²) < 4.78 is 5.47. The van der Waals surface area contributed by atoms with Crippen LogP contribution < -0.4 is 11.1 Å². The van der Waals surface area contributed by atoms with Crippen LogP contribution in [-0.2, 0) is 4.74 Å². The predicted octanol–water partition coefficient (Wildman–Crippen LogP) is 6.36. The Morgan fingerprint density at radius 2 is 1.86 bits per heavy atom. The van der Waals surface area contributed by atoms with Crippen LogP contribution >= 0.6 is 0 Å². The first kappa shape index (κ1) is 25.1. The topological polar surface area (TPSA) is 47.3 Å². The number of nitrogens with one attached hydrogen (secondary N) is 1. The largest absolute Gasteiger partial charge is 0.364 e. The fraction of sp³-hybridized carbons (Fsp3) is 1.00. The highest BCUT2D eigenvalue weighted by Gasteiger charge is 2.62. The zero-order valence-corrected chi connectivity index (χ0v) is 20.7. The van der Waals surface area contributed by atoms with Gasteiger partial charge in [-0.1, -0.05) is 53.9 Å². The van der Waals surface area contributed by atoms with E-state index in [9.17, 15) is 0 Å². The summed E-state index contributed by atoms with van der Waals surface area (Å²) >= 11 is 0. The van der Waals surface area contributed by atoms with Gasteiger partial charge in [-0.3, -0.25) is 0 Å². The maximum absolute atomic E-state index is 5.99. The molecule has 2 rings (SSSR count). The van der Waals surface area contributed by atoms with Crippen LogP contribution in [0.4, 0.5) is 0 Å². The molecule has 2 fully saturated rings. The van der Waals surface area contributed by atoms with E-state index in [0.717, 1.165) is 24.2 Å². The fourth-order valence-corrected chi connectivity index (χ4v) is 6.42. The van der Waals surface area contributed by atoms with Crippen LogP contribution in [0.2, 0.25) is 0 Å². The lowest BCUT2D eigenvalue weighted by molar-refractivity contribution is 0.0499. The molecular weight excluding hydrogens is 356 g/mol. The van der Waals surface area contributed by atoms with Crippen LogP contribution in [0.1, 0.15) is 106 Å². The van der Waals surface area contributed by atoms with Gasteiger partial charge in [-0.15, -0.1) is 0 Å². The van der Waals surface area contributed by atoms with Crippen molar-refractivity contribution in [3.63, 3.8) is 0 Å². The van der Waals surface area contributed by atoms with Crippen LogP contribution in [0.25, 0.3) is 0 Å². The Morgan fingerprint density at radius 1 is 1.14 bits per heavy atom. The van der Waals surface area contributed by atoms with Crippen LogP contribution in [0, 0.1) is 34.5 Å². The Bertz CT molecular complexity index is 481. The van der Waals surface area contributed by atoms with E-state index in [-0.39, 0.29) is 6.23 Å². The maximum Gasteiger partial charge on any atom is 0.105 e. The Morgan fingerprint density at radius 3 is 2.52 bits per heavy atom. The lowest BCUT2D eigenvalue weighted by Gasteiger charge is -2.36. The van der Waals surface area contributed by atoms with E-state index in [0.29, 0.717) is 29.4 Å². The summed E-state index contributed by atoms with van der Waals surface area (Å²) in [6.07, 6.45) is 11.9. The number of hydrogen-bond donors (Lipinski definition) is 2. The third-order valence-electron chi connectivity index (χ3n) is 8.81. The Labute approximate surface area is 182 Å². The van der Waals surface area contributed by atoms with Gasteiger partial charge in [0.1, 0.15) is 6.23 Å². The van der Waals surface area contributed by atoms with E-state index in [1.54, 1.807) is 0 Å². The van der Waals surface area contributed by atoms with Crippen molar-refractivity contribution in [2.45, 2.75) is 119 Å². The second-order valence-corrected chi connectivity index (χ2v) is 11.5. The second kappa shape index (κ2) is 11.0. The summed E-state index contributed by atoms with van der Waals surface area (Å²) in [5, 5.41) is 3.83. The van der Waals surface area contributed by atoms with E-state index < -0.39 is 0 Å². The van der Waals surface area contributed by atoms with E-state index in [4.69, 9.17) is 10.5 Å². The van der Waals surface area contributed by atoms with Gasteiger partial charge in [0, 0.05) is 12.6 Å². The summed E-state index contributed by atoms with van der Waals surface area (Å²) in [5.74, 6) is 3.41. The van der Waals surface area contributed by atoms with Crippen LogP contribution in [0.15, 0.2) is 0 Å². The molecule has 0 aromatic rings. The third kappa shape index (κ3) is 6.94. The molecule has 0 aromatic heterocycles. The minimum atomic E-state index is -0.0873. The highest BCUT2D eigenvalue weighted by Crippen LogP contribution is 2.69. The van der Waals surface area contributed by atoms with Crippen LogP contribution in [0.5, 0.6) is 0 Å². The molecule has 0 bridgehead atoms. The molecule has 0 aliphatic heterocycles. The summed E-state index contributed by atoms with van der Waals surface area (Å²) in [6, 6.07) is 0.625. The molecule has 172 valence electrons. The van der Waals surface area contributed by atoms with Crippen molar-refractivity contribution in [2.24, 2.45) is 40.2 Å². The SMILES string of the molecule is CCO[C@@H](N)C[C@H](C)CCC[C@H](C)NCC[C@@H]1C2CCCC(C)(C(C)C)C[C@]21C. The zero-order chi connectivity index (χ0) is 21.7. The van der Waals surface area contributed by atoms with Gasteiger partial charge in [0.05, 0.1) is 0 Å². The first-order valence-electron chi connectivity index (χ1n) is 12.7. The monoisotopic (exact) mass is 408 g/mol. The minimum Gasteiger partial charge on any atom is -0.364 e. The molecule has 7 atom stereocenters. The molecule has 0 aromatic carbocycles. The molecule has 2 aliphatic rings. The molecule has 29 heavy (non-hydrogen) atoms. The van der Waals surface area contributed by atoms with E-state index in [2.05, 4.69) is 46.9 Å². The second-order valence-electron chi connectivity index (χ2n) is 11.5. The van der Waals surface area contributed by atoms with E-state index >= 15 is 0 Å². The lowest BCUT2D eigenvalue weighted by atomic mass is 9.69. The molecule has 3 heteroatoms. The highest BCUT2D eigenvalue weighted by molar-refractivity contribution is 5.11. The van der Waals surface area contributed by atoms with Gasteiger partial charge in [0.2, 0.25) is 0 Å². The Balaban J connectivity index is 1.63. The van der Waals surface area contributed by atoms with Crippen molar-refractivity contribution >= 4 is 0 Å². The van der Waals surface area contributed by atoms with Crippen molar-refractivity contribution in [3.8, 4) is 0 Å². The van der Waals surface area contributed by atoms with Crippen LogP contribution in [0.3, 0.4) is 0 Å². The molecule has 0 spiro atoms. The Hall–Kier alpha value is -0.120. The first-order valence-corrected chi connectivity index (χ1v) is 12.7. The van der Waals surface area contributed by atoms with Gasteiger partial charge in [0.25, 0.3) is 0 Å². The smallest absolute Gasteiger partial charge is 0.105 e. The molecule has 2 saturated carbocycles. The average molecular weight is 409 g/mol. The predicted molar refractivity (Wildman–Crippen MR) is 126 cm³/mol. The molecule has 0 radical (unpaired) electrons. The molecule has 0 heterocycles. The van der Waals surface area contributed by atoms with Crippen molar-refractivity contribution in [1.82, 2.24) is 5.32 Å². The molecule has 3 nitrogen and oxygen atoms in total. The fourth-order valence-electron chi connectivity index (χ4n) is 6.42. The molecule has 0 amide bonds. The van der Waals surface area contributed by atoms with Gasteiger partial charge in [-0.05, 0) is 93.4 Å². The van der Waals surface area contributed by atoms with Gasteiger partial charge in [-0.25, -0.2) is 0 Å². The zero-order valence-electron chi connectivity index (χ0n) is 20.7. The minimum absolute atomic E-state index is 0.0873. The van der Waals surface area contributed by atoms with Crippen molar-refractivity contribution in [1.29, 1.82) is 0 Å². The number of ether oxygens (including phenoxy) is 1. The van der Waals surface area contributed by atoms with Crippen molar-refractivity contribution in [3.05, 3.63) is 0 Å². The van der Waals surface area contributed by atoms with Crippen LogP contribution in [-0.4, -0.2) is 25.4 Å².